The molecule has 0 aromatic heterocycles. The average Bonchev–Trinajstić information content (AvgIpc) is 2.91. The minimum absolute atomic E-state index is 0.0197. The van der Waals surface area contributed by atoms with E-state index in [1.165, 1.54) is 40.0 Å². The summed E-state index contributed by atoms with van der Waals surface area (Å²) in [6, 6.07) is 11.4. The number of hydrogen-bond donors (Lipinski definition) is 2. The Labute approximate surface area is 227 Å². The van der Waals surface area contributed by atoms with Gasteiger partial charge in [-0.05, 0) is 71.5 Å². The monoisotopic (exact) mass is 524 g/mol. The van der Waals surface area contributed by atoms with Gasteiger partial charge in [-0.2, -0.15) is 0 Å². The first kappa shape index (κ1) is 34.6. The number of ketones is 3. The highest BCUT2D eigenvalue weighted by atomic mass is 16.2. The van der Waals surface area contributed by atoms with E-state index in [0.717, 1.165) is 32.1 Å². The number of anilines is 1. The fraction of sp³-hybridized carbons (Fsp3) is 0.452. The summed E-state index contributed by atoms with van der Waals surface area (Å²) in [7, 11) is 1.96. The predicted molar refractivity (Wildman–Crippen MR) is 155 cm³/mol. The Kier molecular flexibility index (Phi) is 18.7. The molecule has 1 amide bonds. The number of rotatable bonds is 14. The van der Waals surface area contributed by atoms with E-state index in [2.05, 4.69) is 10.6 Å². The molecule has 0 saturated carbocycles. The Morgan fingerprint density at radius 2 is 1.24 bits per heavy atom. The first-order valence-corrected chi connectivity index (χ1v) is 13.4. The lowest BCUT2D eigenvalue weighted by molar-refractivity contribution is -0.116. The maximum absolute atomic E-state index is 12.1. The van der Waals surface area contributed by atoms with E-state index < -0.39 is 0 Å². The molecule has 7 nitrogen and oxygen atoms in total. The summed E-state index contributed by atoms with van der Waals surface area (Å²) in [5.74, 6) is -0.354. The van der Waals surface area contributed by atoms with Crippen molar-refractivity contribution in [2.75, 3.05) is 18.9 Å². The van der Waals surface area contributed by atoms with Crippen LogP contribution in [0.25, 0.3) is 0 Å². The maximum atomic E-state index is 12.1. The topological polar surface area (TPSA) is 109 Å². The first-order chi connectivity index (χ1) is 18.2. The van der Waals surface area contributed by atoms with E-state index in [9.17, 15) is 24.0 Å². The molecular weight excluding hydrogens is 480 g/mol. The molecule has 0 aliphatic heterocycles. The highest BCUT2D eigenvalue weighted by Crippen LogP contribution is 2.17. The number of unbranched alkanes of at least 4 members (excludes halogenated alkanes) is 5. The molecule has 0 fully saturated rings. The van der Waals surface area contributed by atoms with Crippen LogP contribution in [0.2, 0.25) is 0 Å². The van der Waals surface area contributed by atoms with Crippen molar-refractivity contribution in [1.29, 1.82) is 0 Å². The van der Waals surface area contributed by atoms with Gasteiger partial charge in [-0.1, -0.05) is 57.7 Å². The molecule has 0 aliphatic carbocycles. The van der Waals surface area contributed by atoms with E-state index in [1.54, 1.807) is 42.5 Å². The van der Waals surface area contributed by atoms with Crippen LogP contribution in [0.1, 0.15) is 121 Å². The second-order valence-electron chi connectivity index (χ2n) is 8.73. The summed E-state index contributed by atoms with van der Waals surface area (Å²) in [5, 5.41) is 5.93. The van der Waals surface area contributed by atoms with Crippen LogP contribution in [-0.4, -0.2) is 43.1 Å². The normalized spacial score (nSPS) is 9.74. The van der Waals surface area contributed by atoms with Gasteiger partial charge in [-0.3, -0.25) is 24.0 Å². The van der Waals surface area contributed by atoms with Crippen molar-refractivity contribution in [2.45, 2.75) is 79.6 Å². The lowest BCUT2D eigenvalue weighted by Crippen LogP contribution is -2.12. The summed E-state index contributed by atoms with van der Waals surface area (Å²) < 4.78 is 0. The molecular formula is C31H44N2O5. The summed E-state index contributed by atoms with van der Waals surface area (Å²) in [6.45, 7) is 9.43. The largest absolute Gasteiger partial charge is 0.326 e. The maximum Gasteiger partial charge on any atom is 0.224 e. The summed E-state index contributed by atoms with van der Waals surface area (Å²) in [6.07, 6.45) is 7.84. The zero-order valence-corrected chi connectivity index (χ0v) is 23.8. The molecule has 38 heavy (non-hydrogen) atoms. The third-order valence-electron chi connectivity index (χ3n) is 5.54. The molecule has 0 unspecified atom stereocenters. The van der Waals surface area contributed by atoms with Crippen molar-refractivity contribution in [1.82, 2.24) is 5.32 Å². The Hall–Kier alpha value is -3.45. The number of carbonyl (C=O) groups excluding carboxylic acids is 5. The van der Waals surface area contributed by atoms with Crippen LogP contribution in [0.3, 0.4) is 0 Å². The summed E-state index contributed by atoms with van der Waals surface area (Å²) >= 11 is 0. The molecule has 2 rings (SSSR count). The van der Waals surface area contributed by atoms with E-state index in [4.69, 9.17) is 0 Å². The summed E-state index contributed by atoms with van der Waals surface area (Å²) in [4.78, 5) is 56.3. The molecule has 208 valence electrons. The van der Waals surface area contributed by atoms with Gasteiger partial charge in [0.2, 0.25) is 5.91 Å². The van der Waals surface area contributed by atoms with Crippen LogP contribution in [0.15, 0.2) is 42.5 Å². The lowest BCUT2D eigenvalue weighted by atomic mass is 10.0. The number of hydrogen-bond acceptors (Lipinski definition) is 6. The number of Topliss-reactive ketones (excluding diaryl/α,β-unsaturated/α-hetero) is 3. The van der Waals surface area contributed by atoms with Gasteiger partial charge >= 0.3 is 0 Å². The molecule has 2 N–H and O–H groups in total. The molecule has 2 aromatic rings. The molecule has 2 aromatic carbocycles. The molecule has 0 radical (unpaired) electrons. The van der Waals surface area contributed by atoms with E-state index in [-0.39, 0.29) is 23.3 Å². The molecule has 0 atom stereocenters. The standard InChI is InChI=1S/C20H30N2O3.C9H8O2.C2H6/c1-15(23)17-12-18(16(2)24)14-19(13-17)22-20(25)10-8-6-4-5-7-9-11-21-3;1-7(11)9-4-2-3-8(5-9)6-10;1-2/h12-14,21H,4-11H2,1-3H3,(H,22,25);2-6H,1H3;1-2H3. The van der Waals surface area contributed by atoms with Gasteiger partial charge < -0.3 is 10.6 Å². The Bertz CT molecular complexity index is 1010. The van der Waals surface area contributed by atoms with Gasteiger partial charge in [0.1, 0.15) is 6.29 Å². The first-order valence-electron chi connectivity index (χ1n) is 13.4. The van der Waals surface area contributed by atoms with Gasteiger partial charge in [0.05, 0.1) is 0 Å². The van der Waals surface area contributed by atoms with Crippen molar-refractivity contribution in [2.24, 2.45) is 0 Å². The molecule has 0 aliphatic rings. The van der Waals surface area contributed by atoms with E-state index in [0.29, 0.717) is 34.4 Å². The van der Waals surface area contributed by atoms with Crippen LogP contribution in [0, 0.1) is 0 Å². The van der Waals surface area contributed by atoms with Crippen molar-refractivity contribution >= 4 is 35.2 Å². The van der Waals surface area contributed by atoms with Gasteiger partial charge in [0, 0.05) is 34.4 Å². The van der Waals surface area contributed by atoms with Crippen LogP contribution in [0.5, 0.6) is 0 Å². The van der Waals surface area contributed by atoms with Crippen LogP contribution >= 0.6 is 0 Å². The number of carbonyl (C=O) groups is 5. The number of aldehydes is 1. The highest BCUT2D eigenvalue weighted by Gasteiger charge is 2.10. The third kappa shape index (κ3) is 15.0. The Morgan fingerprint density at radius 3 is 1.74 bits per heavy atom. The van der Waals surface area contributed by atoms with Crippen LogP contribution < -0.4 is 10.6 Å². The number of nitrogens with one attached hydrogen (secondary N) is 2. The quantitative estimate of drug-likeness (QED) is 0.161. The van der Waals surface area contributed by atoms with E-state index in [1.807, 2.05) is 20.9 Å². The lowest BCUT2D eigenvalue weighted by Gasteiger charge is -2.09. The Morgan fingerprint density at radius 1 is 0.711 bits per heavy atom. The second kappa shape index (κ2) is 20.6. The minimum atomic E-state index is -0.128. The second-order valence-corrected chi connectivity index (χ2v) is 8.73. The highest BCUT2D eigenvalue weighted by molar-refractivity contribution is 6.02. The average molecular weight is 525 g/mol. The number of amides is 1. The van der Waals surface area contributed by atoms with Gasteiger partial charge in [-0.15, -0.1) is 0 Å². The third-order valence-corrected chi connectivity index (χ3v) is 5.54. The molecule has 0 bridgehead atoms. The predicted octanol–water partition coefficient (Wildman–Crippen LogP) is 6.71. The van der Waals surface area contributed by atoms with Crippen LogP contribution in [0.4, 0.5) is 5.69 Å². The SMILES string of the molecule is CC.CC(=O)c1cccc(C=O)c1.CNCCCCCCCCC(=O)Nc1cc(C(C)=O)cc(C(C)=O)c1. The van der Waals surface area contributed by atoms with Gasteiger partial charge in [0.25, 0.3) is 0 Å². The zero-order chi connectivity index (χ0) is 28.9. The van der Waals surface area contributed by atoms with E-state index >= 15 is 0 Å². The molecule has 0 saturated heterocycles. The smallest absolute Gasteiger partial charge is 0.224 e. The fourth-order valence-corrected chi connectivity index (χ4v) is 3.46. The van der Waals surface area contributed by atoms with Crippen molar-refractivity contribution < 1.29 is 24.0 Å². The van der Waals surface area contributed by atoms with Crippen molar-refractivity contribution in [3.63, 3.8) is 0 Å². The number of benzene rings is 2. The minimum Gasteiger partial charge on any atom is -0.326 e. The van der Waals surface area contributed by atoms with Gasteiger partial charge in [0.15, 0.2) is 17.3 Å². The molecule has 7 heteroatoms. The van der Waals surface area contributed by atoms with Gasteiger partial charge in [-0.25, -0.2) is 0 Å². The Balaban J connectivity index is 0.000000873. The fourth-order valence-electron chi connectivity index (χ4n) is 3.46. The van der Waals surface area contributed by atoms with Crippen molar-refractivity contribution in [3.8, 4) is 0 Å². The van der Waals surface area contributed by atoms with Crippen LogP contribution in [-0.2, 0) is 4.79 Å². The molecule has 0 spiro atoms. The summed E-state index contributed by atoms with van der Waals surface area (Å²) in [5.41, 5.74) is 2.50. The van der Waals surface area contributed by atoms with Crippen molar-refractivity contribution in [3.05, 3.63) is 64.7 Å². The molecule has 0 heterocycles. The zero-order valence-electron chi connectivity index (χ0n) is 23.8.